The number of nitrogens with two attached hydrogens (primary N) is 1. The molecule has 0 aromatic carbocycles. The van der Waals surface area contributed by atoms with Gasteiger partial charge in [0.1, 0.15) is 5.84 Å². The van der Waals surface area contributed by atoms with Crippen molar-refractivity contribution in [1.29, 1.82) is 5.41 Å². The lowest BCUT2D eigenvalue weighted by Gasteiger charge is -2.11. The molecule has 0 atom stereocenters. The molecule has 0 aromatic rings. The van der Waals surface area contributed by atoms with Crippen molar-refractivity contribution in [3.8, 4) is 0 Å². The van der Waals surface area contributed by atoms with E-state index in [1.165, 1.54) is 12.8 Å². The van der Waals surface area contributed by atoms with Gasteiger partial charge in [0.15, 0.2) is 0 Å². The van der Waals surface area contributed by atoms with Crippen molar-refractivity contribution in [2.75, 3.05) is 19.6 Å². The number of rotatable bonds is 2. The van der Waals surface area contributed by atoms with E-state index in [9.17, 15) is 0 Å². The highest BCUT2D eigenvalue weighted by Crippen LogP contribution is 2.05. The van der Waals surface area contributed by atoms with Crippen LogP contribution in [0.4, 0.5) is 0 Å². The molecule has 0 aromatic heterocycles. The van der Waals surface area contributed by atoms with Gasteiger partial charge in [0.2, 0.25) is 0 Å². The zero-order valence-corrected chi connectivity index (χ0v) is 5.56. The largest absolute Gasteiger partial charge is 0.387 e. The van der Waals surface area contributed by atoms with Gasteiger partial charge in [-0.05, 0) is 25.9 Å². The van der Waals surface area contributed by atoms with Crippen LogP contribution in [0.5, 0.6) is 0 Å². The first kappa shape index (κ1) is 6.55. The van der Waals surface area contributed by atoms with E-state index in [2.05, 4.69) is 4.90 Å². The summed E-state index contributed by atoms with van der Waals surface area (Å²) in [6.07, 6.45) is 2.54. The molecule has 0 radical (unpaired) electrons. The van der Waals surface area contributed by atoms with Gasteiger partial charge in [-0.15, -0.1) is 0 Å². The second-order valence-electron chi connectivity index (χ2n) is 2.51. The van der Waals surface area contributed by atoms with E-state index in [0.29, 0.717) is 6.54 Å². The highest BCUT2D eigenvalue weighted by atomic mass is 15.1. The Morgan fingerprint density at radius 2 is 2.00 bits per heavy atom. The first-order chi connectivity index (χ1) is 4.29. The van der Waals surface area contributed by atoms with E-state index >= 15 is 0 Å². The van der Waals surface area contributed by atoms with Crippen LogP contribution in [0.1, 0.15) is 12.8 Å². The number of nitrogens with one attached hydrogen (secondary N) is 1. The summed E-state index contributed by atoms with van der Waals surface area (Å²) in [7, 11) is 0. The monoisotopic (exact) mass is 127 g/mol. The van der Waals surface area contributed by atoms with Crippen LogP contribution in [0, 0.1) is 5.41 Å². The van der Waals surface area contributed by atoms with Crippen molar-refractivity contribution in [1.82, 2.24) is 4.90 Å². The maximum Gasteiger partial charge on any atom is 0.105 e. The molecule has 1 heterocycles. The highest BCUT2D eigenvalue weighted by molar-refractivity contribution is 5.78. The first-order valence-electron chi connectivity index (χ1n) is 3.34. The van der Waals surface area contributed by atoms with Gasteiger partial charge in [-0.2, -0.15) is 0 Å². The van der Waals surface area contributed by atoms with Gasteiger partial charge in [0, 0.05) is 0 Å². The Labute approximate surface area is 55.3 Å². The van der Waals surface area contributed by atoms with Crippen LogP contribution < -0.4 is 5.73 Å². The lowest BCUT2D eigenvalue weighted by Crippen LogP contribution is -2.30. The molecule has 0 bridgehead atoms. The summed E-state index contributed by atoms with van der Waals surface area (Å²) in [6, 6.07) is 0. The smallest absolute Gasteiger partial charge is 0.105 e. The Kier molecular flexibility index (Phi) is 2.05. The van der Waals surface area contributed by atoms with Crippen molar-refractivity contribution in [2.45, 2.75) is 12.8 Å². The lowest BCUT2D eigenvalue weighted by molar-refractivity contribution is 0.386. The zero-order chi connectivity index (χ0) is 6.69. The number of amidine groups is 1. The van der Waals surface area contributed by atoms with Gasteiger partial charge in [-0.25, -0.2) is 0 Å². The summed E-state index contributed by atoms with van der Waals surface area (Å²) in [5.74, 6) is 0.289. The Morgan fingerprint density at radius 3 is 2.44 bits per heavy atom. The predicted octanol–water partition coefficient (Wildman–Crippen LogP) is 0.0182. The molecule has 0 spiro atoms. The molecule has 1 fully saturated rings. The van der Waals surface area contributed by atoms with Crippen molar-refractivity contribution < 1.29 is 0 Å². The number of likely N-dealkylation sites (tertiary alicyclic amines) is 1. The van der Waals surface area contributed by atoms with Gasteiger partial charge in [0.25, 0.3) is 0 Å². The van der Waals surface area contributed by atoms with Crippen molar-refractivity contribution in [3.63, 3.8) is 0 Å². The summed E-state index contributed by atoms with van der Waals surface area (Å²) < 4.78 is 0. The van der Waals surface area contributed by atoms with Gasteiger partial charge in [-0.1, -0.05) is 0 Å². The molecule has 0 aliphatic carbocycles. The molecule has 1 rings (SSSR count). The molecule has 0 saturated carbocycles. The summed E-state index contributed by atoms with van der Waals surface area (Å²) >= 11 is 0. The molecule has 52 valence electrons. The summed E-state index contributed by atoms with van der Waals surface area (Å²) in [4.78, 5) is 2.21. The van der Waals surface area contributed by atoms with E-state index < -0.39 is 0 Å². The summed E-state index contributed by atoms with van der Waals surface area (Å²) in [5.41, 5.74) is 5.21. The average Bonchev–Trinajstić information content (AvgIpc) is 2.15. The maximum atomic E-state index is 7.00. The van der Waals surface area contributed by atoms with Crippen molar-refractivity contribution >= 4 is 5.84 Å². The third-order valence-electron chi connectivity index (χ3n) is 1.59. The van der Waals surface area contributed by atoms with Crippen LogP contribution in [0.15, 0.2) is 0 Å². The molecule has 3 N–H and O–H groups in total. The fraction of sp³-hybridized carbons (Fsp3) is 0.833. The molecule has 0 amide bonds. The van der Waals surface area contributed by atoms with Crippen LogP contribution in [0.3, 0.4) is 0 Å². The Balaban J connectivity index is 2.19. The number of hydrogen-bond acceptors (Lipinski definition) is 2. The Morgan fingerprint density at radius 1 is 1.44 bits per heavy atom. The molecule has 3 nitrogen and oxygen atoms in total. The second kappa shape index (κ2) is 2.82. The zero-order valence-electron chi connectivity index (χ0n) is 5.56. The Hall–Kier alpha value is -0.570. The maximum absolute atomic E-state index is 7.00. The lowest BCUT2D eigenvalue weighted by atomic mass is 10.4. The molecule has 3 heteroatoms. The fourth-order valence-electron chi connectivity index (χ4n) is 1.18. The minimum absolute atomic E-state index is 0.289. The number of nitrogens with zero attached hydrogens (tertiary/aromatic N) is 1. The van der Waals surface area contributed by atoms with Crippen molar-refractivity contribution in [2.24, 2.45) is 5.73 Å². The fourth-order valence-corrected chi connectivity index (χ4v) is 1.18. The van der Waals surface area contributed by atoms with Crippen molar-refractivity contribution in [3.05, 3.63) is 0 Å². The standard InChI is InChI=1S/C6H13N3/c7-6(8)5-9-3-1-2-4-9/h1-5H2,(H3,7,8). The van der Waals surface area contributed by atoms with Crippen LogP contribution in [0.25, 0.3) is 0 Å². The molecular formula is C6H13N3. The van der Waals surface area contributed by atoms with Crippen LogP contribution in [-0.4, -0.2) is 30.4 Å². The average molecular weight is 127 g/mol. The van der Waals surface area contributed by atoms with E-state index in [0.717, 1.165) is 13.1 Å². The van der Waals surface area contributed by atoms with Crippen LogP contribution in [0.2, 0.25) is 0 Å². The quantitative estimate of drug-likeness (QED) is 0.406. The van der Waals surface area contributed by atoms with Gasteiger partial charge in [0.05, 0.1) is 6.54 Å². The van der Waals surface area contributed by atoms with Gasteiger partial charge >= 0.3 is 0 Å². The van der Waals surface area contributed by atoms with Crippen LogP contribution in [-0.2, 0) is 0 Å². The normalized spacial score (nSPS) is 20.4. The van der Waals surface area contributed by atoms with E-state index in [4.69, 9.17) is 11.1 Å². The first-order valence-corrected chi connectivity index (χ1v) is 3.34. The minimum Gasteiger partial charge on any atom is -0.387 e. The molecule has 1 aliphatic heterocycles. The SMILES string of the molecule is N=C(N)CN1CCCC1. The van der Waals surface area contributed by atoms with Gasteiger partial charge < -0.3 is 5.73 Å². The molecule has 1 aliphatic rings. The second-order valence-corrected chi connectivity index (χ2v) is 2.51. The van der Waals surface area contributed by atoms with E-state index in [-0.39, 0.29) is 5.84 Å². The van der Waals surface area contributed by atoms with E-state index in [1.807, 2.05) is 0 Å². The molecule has 9 heavy (non-hydrogen) atoms. The third-order valence-corrected chi connectivity index (χ3v) is 1.59. The van der Waals surface area contributed by atoms with E-state index in [1.54, 1.807) is 0 Å². The molecule has 1 saturated heterocycles. The van der Waals surface area contributed by atoms with Gasteiger partial charge in [-0.3, -0.25) is 10.3 Å². The van der Waals surface area contributed by atoms with Crippen LogP contribution >= 0.6 is 0 Å². The highest BCUT2D eigenvalue weighted by Gasteiger charge is 2.10. The molecular weight excluding hydrogens is 114 g/mol. The molecule has 0 unspecified atom stereocenters. The summed E-state index contributed by atoms with van der Waals surface area (Å²) in [5, 5.41) is 7.00. The number of hydrogen-bond donors (Lipinski definition) is 2. The Bertz CT molecular complexity index is 105. The topological polar surface area (TPSA) is 53.1 Å². The minimum atomic E-state index is 0.289. The predicted molar refractivity (Wildman–Crippen MR) is 37.6 cm³/mol. The summed E-state index contributed by atoms with van der Waals surface area (Å²) in [6.45, 7) is 2.92. The third kappa shape index (κ3) is 2.01.